The van der Waals surface area contributed by atoms with Gasteiger partial charge in [0.15, 0.2) is 5.82 Å². The fourth-order valence-corrected chi connectivity index (χ4v) is 6.30. The standard InChI is InChI=1S/C27H31N5O3S2/c1-16(2)24-30-26(35-31-24)32-14-12-19(13-15-32)23(18-4-5-18)34-27-29-22-11-10-21(28-25(22)36-27)17-6-8-20(9-7-17)37(3)33/h6-11,16,18-19,23H,4-5,12-15H2,1-3H3. The number of nitrogens with zero attached hydrogens (tertiary/aromatic N) is 5. The molecule has 8 nitrogen and oxygen atoms in total. The first kappa shape index (κ1) is 24.5. The number of ether oxygens (including phenoxy) is 1. The van der Waals surface area contributed by atoms with Crippen molar-refractivity contribution in [3.8, 4) is 16.5 Å². The number of piperidine rings is 1. The Morgan fingerprint density at radius 1 is 1.00 bits per heavy atom. The second-order valence-electron chi connectivity index (χ2n) is 10.3. The van der Waals surface area contributed by atoms with Gasteiger partial charge >= 0.3 is 6.01 Å². The number of rotatable bonds is 8. The number of pyridine rings is 1. The van der Waals surface area contributed by atoms with Crippen molar-refractivity contribution >= 4 is 38.5 Å². The Morgan fingerprint density at radius 3 is 2.38 bits per heavy atom. The van der Waals surface area contributed by atoms with Gasteiger partial charge in [0.25, 0.3) is 5.19 Å². The molecule has 3 aromatic heterocycles. The van der Waals surface area contributed by atoms with Gasteiger partial charge in [-0.2, -0.15) is 4.98 Å². The molecular formula is C27H31N5O3S2. The molecule has 2 unspecified atom stereocenters. The fourth-order valence-electron chi connectivity index (χ4n) is 4.95. The highest BCUT2D eigenvalue weighted by Crippen LogP contribution is 2.42. The van der Waals surface area contributed by atoms with Crippen LogP contribution in [0, 0.1) is 11.8 Å². The van der Waals surface area contributed by atoms with E-state index >= 15 is 0 Å². The highest BCUT2D eigenvalue weighted by Gasteiger charge is 2.40. The molecule has 0 amide bonds. The zero-order valence-corrected chi connectivity index (χ0v) is 22.9. The molecule has 0 N–H and O–H groups in total. The summed E-state index contributed by atoms with van der Waals surface area (Å²) >= 11 is 1.52. The Kier molecular flexibility index (Phi) is 6.71. The van der Waals surface area contributed by atoms with Crippen molar-refractivity contribution < 1.29 is 13.5 Å². The molecule has 1 saturated carbocycles. The maximum absolute atomic E-state index is 11.7. The molecule has 4 aromatic rings. The van der Waals surface area contributed by atoms with E-state index in [1.54, 1.807) is 6.26 Å². The maximum atomic E-state index is 11.7. The minimum absolute atomic E-state index is 0.179. The molecule has 6 rings (SSSR count). The van der Waals surface area contributed by atoms with Crippen molar-refractivity contribution in [1.82, 2.24) is 20.1 Å². The van der Waals surface area contributed by atoms with Crippen LogP contribution in [0.1, 0.15) is 51.3 Å². The lowest BCUT2D eigenvalue weighted by molar-refractivity contribution is 0.0955. The van der Waals surface area contributed by atoms with Crippen molar-refractivity contribution in [1.29, 1.82) is 0 Å². The smallest absolute Gasteiger partial charge is 0.324 e. The molecule has 2 aliphatic rings. The van der Waals surface area contributed by atoms with E-state index < -0.39 is 10.8 Å². The molecule has 1 aliphatic heterocycles. The summed E-state index contributed by atoms with van der Waals surface area (Å²) in [6.45, 7) is 5.94. The SMILES string of the molecule is CC(C)c1noc(N2CCC(C(Oc3nc4ccc(-c5ccc(S(C)=O)cc5)nc4s3)C3CC3)CC2)n1. The van der Waals surface area contributed by atoms with Crippen LogP contribution in [0.2, 0.25) is 0 Å². The second-order valence-corrected chi connectivity index (χ2v) is 12.6. The van der Waals surface area contributed by atoms with Crippen LogP contribution < -0.4 is 9.64 Å². The third-order valence-corrected chi connectivity index (χ3v) is 9.06. The number of hydrogen-bond donors (Lipinski definition) is 0. The molecule has 0 radical (unpaired) electrons. The van der Waals surface area contributed by atoms with Crippen LogP contribution in [0.3, 0.4) is 0 Å². The van der Waals surface area contributed by atoms with Gasteiger partial charge in [0.1, 0.15) is 16.5 Å². The van der Waals surface area contributed by atoms with Crippen LogP contribution in [-0.4, -0.2) is 49.8 Å². The van der Waals surface area contributed by atoms with Crippen LogP contribution in [-0.2, 0) is 10.8 Å². The van der Waals surface area contributed by atoms with Gasteiger partial charge in [0, 0.05) is 46.5 Å². The van der Waals surface area contributed by atoms with Crippen LogP contribution in [0.25, 0.3) is 21.6 Å². The highest BCUT2D eigenvalue weighted by molar-refractivity contribution is 7.84. The van der Waals surface area contributed by atoms with E-state index in [1.807, 2.05) is 36.4 Å². The Hall–Kier alpha value is -2.85. The molecular weight excluding hydrogens is 506 g/mol. The van der Waals surface area contributed by atoms with Crippen LogP contribution in [0.4, 0.5) is 6.01 Å². The lowest BCUT2D eigenvalue weighted by atomic mass is 9.89. The van der Waals surface area contributed by atoms with Gasteiger partial charge in [-0.3, -0.25) is 4.21 Å². The van der Waals surface area contributed by atoms with Gasteiger partial charge in [-0.15, -0.1) is 0 Å². The van der Waals surface area contributed by atoms with E-state index in [0.717, 1.165) is 58.3 Å². The summed E-state index contributed by atoms with van der Waals surface area (Å²) < 4.78 is 23.8. The average Bonchev–Trinajstić information content (AvgIpc) is 3.47. The number of thiazole rings is 1. The number of fused-ring (bicyclic) bond motifs is 1. The van der Waals surface area contributed by atoms with Gasteiger partial charge in [-0.1, -0.05) is 42.5 Å². The number of anilines is 1. The van der Waals surface area contributed by atoms with E-state index in [2.05, 4.69) is 28.9 Å². The number of aromatic nitrogens is 4. The van der Waals surface area contributed by atoms with Crippen LogP contribution in [0.5, 0.6) is 5.19 Å². The molecule has 1 aromatic carbocycles. The Labute approximate surface area is 222 Å². The number of hydrogen-bond acceptors (Lipinski definition) is 9. The summed E-state index contributed by atoms with van der Waals surface area (Å²) in [5, 5.41) is 4.82. The molecule has 2 fully saturated rings. The van der Waals surface area contributed by atoms with Gasteiger partial charge in [0.2, 0.25) is 0 Å². The van der Waals surface area contributed by atoms with Crippen molar-refractivity contribution in [2.45, 2.75) is 56.4 Å². The van der Waals surface area contributed by atoms with E-state index in [1.165, 1.54) is 24.2 Å². The molecule has 0 bridgehead atoms. The minimum Gasteiger partial charge on any atom is -0.466 e. The molecule has 10 heteroatoms. The molecule has 1 aliphatic carbocycles. The fraction of sp³-hybridized carbons (Fsp3) is 0.481. The van der Waals surface area contributed by atoms with Crippen molar-refractivity contribution in [2.75, 3.05) is 24.2 Å². The summed E-state index contributed by atoms with van der Waals surface area (Å²) in [6, 6.07) is 12.4. The summed E-state index contributed by atoms with van der Waals surface area (Å²) in [6.07, 6.45) is 6.38. The molecule has 4 heterocycles. The van der Waals surface area contributed by atoms with Crippen molar-refractivity contribution in [2.24, 2.45) is 11.8 Å². The molecule has 1 saturated heterocycles. The Morgan fingerprint density at radius 2 is 1.73 bits per heavy atom. The zero-order chi connectivity index (χ0) is 25.5. The third-order valence-electron chi connectivity index (χ3n) is 7.26. The first-order chi connectivity index (χ1) is 17.9. The largest absolute Gasteiger partial charge is 0.466 e. The predicted molar refractivity (Wildman–Crippen MR) is 146 cm³/mol. The second kappa shape index (κ2) is 10.1. The Bertz CT molecular complexity index is 1410. The van der Waals surface area contributed by atoms with Gasteiger partial charge < -0.3 is 14.2 Å². The molecule has 194 valence electrons. The van der Waals surface area contributed by atoms with Crippen molar-refractivity contribution in [3.05, 3.63) is 42.2 Å². The molecule has 37 heavy (non-hydrogen) atoms. The van der Waals surface area contributed by atoms with Crippen LogP contribution in [0.15, 0.2) is 45.8 Å². The third kappa shape index (κ3) is 5.27. The lowest BCUT2D eigenvalue weighted by Gasteiger charge is -2.34. The normalized spacial score (nSPS) is 18.4. The first-order valence-corrected chi connectivity index (χ1v) is 15.3. The molecule has 2 atom stereocenters. The maximum Gasteiger partial charge on any atom is 0.324 e. The Balaban J connectivity index is 1.14. The van der Waals surface area contributed by atoms with E-state index in [9.17, 15) is 4.21 Å². The summed E-state index contributed by atoms with van der Waals surface area (Å²) in [5.74, 6) is 2.11. The summed E-state index contributed by atoms with van der Waals surface area (Å²) in [4.78, 5) is 18.1. The lowest BCUT2D eigenvalue weighted by Crippen LogP contribution is -2.40. The van der Waals surface area contributed by atoms with Crippen molar-refractivity contribution in [3.63, 3.8) is 0 Å². The topological polar surface area (TPSA) is 94.2 Å². The quantitative estimate of drug-likeness (QED) is 0.284. The number of benzene rings is 1. The van der Waals surface area contributed by atoms with Gasteiger partial charge in [-0.25, -0.2) is 9.97 Å². The summed E-state index contributed by atoms with van der Waals surface area (Å²) in [7, 11) is -0.991. The van der Waals surface area contributed by atoms with Gasteiger partial charge in [-0.05, 0) is 61.8 Å². The summed E-state index contributed by atoms with van der Waals surface area (Å²) in [5.41, 5.74) is 2.73. The van der Waals surface area contributed by atoms with E-state index in [4.69, 9.17) is 19.2 Å². The molecule has 0 spiro atoms. The minimum atomic E-state index is -0.991. The van der Waals surface area contributed by atoms with Gasteiger partial charge in [0.05, 0.1) is 5.69 Å². The average molecular weight is 538 g/mol. The predicted octanol–water partition coefficient (Wildman–Crippen LogP) is 5.68. The zero-order valence-electron chi connectivity index (χ0n) is 21.3. The van der Waals surface area contributed by atoms with E-state index in [-0.39, 0.29) is 12.0 Å². The van der Waals surface area contributed by atoms with E-state index in [0.29, 0.717) is 23.0 Å². The van der Waals surface area contributed by atoms with Crippen LogP contribution >= 0.6 is 11.3 Å². The monoisotopic (exact) mass is 537 g/mol. The first-order valence-electron chi connectivity index (χ1n) is 12.9. The highest BCUT2D eigenvalue weighted by atomic mass is 32.2.